The van der Waals surface area contributed by atoms with Gasteiger partial charge in [0, 0.05) is 11.7 Å². The van der Waals surface area contributed by atoms with E-state index in [9.17, 15) is 4.39 Å². The topological polar surface area (TPSA) is 12.0 Å². The van der Waals surface area contributed by atoms with Gasteiger partial charge in [0.05, 0.1) is 0 Å². The van der Waals surface area contributed by atoms with Crippen LogP contribution in [0.5, 0.6) is 0 Å². The van der Waals surface area contributed by atoms with E-state index >= 15 is 0 Å². The minimum absolute atomic E-state index is 0.111. The van der Waals surface area contributed by atoms with Gasteiger partial charge in [-0.15, -0.1) is 0 Å². The molecule has 0 aliphatic heterocycles. The molecule has 2 aliphatic carbocycles. The van der Waals surface area contributed by atoms with E-state index in [-0.39, 0.29) is 5.82 Å². The molecule has 1 aromatic rings. The molecule has 0 amide bonds. The summed E-state index contributed by atoms with van der Waals surface area (Å²) in [4.78, 5) is 0. The van der Waals surface area contributed by atoms with E-state index in [1.807, 2.05) is 19.1 Å². The minimum atomic E-state index is -0.111. The van der Waals surface area contributed by atoms with Crippen LogP contribution in [0, 0.1) is 24.6 Å². The lowest BCUT2D eigenvalue weighted by molar-refractivity contribution is 0.303. The molecule has 18 heavy (non-hydrogen) atoms. The first kappa shape index (κ1) is 12.0. The number of nitrogens with one attached hydrogen (secondary N) is 1. The van der Waals surface area contributed by atoms with Gasteiger partial charge in [-0.05, 0) is 68.2 Å². The zero-order valence-electron chi connectivity index (χ0n) is 11.1. The average Bonchev–Trinajstić information content (AvgIpc) is 3.18. The summed E-state index contributed by atoms with van der Waals surface area (Å²) < 4.78 is 13.2. The molecule has 0 spiro atoms. The van der Waals surface area contributed by atoms with Crippen molar-refractivity contribution in [1.82, 2.24) is 0 Å². The molecule has 1 nitrogen and oxygen atoms in total. The first-order chi connectivity index (χ1) is 8.72. The van der Waals surface area contributed by atoms with Crippen LogP contribution < -0.4 is 5.32 Å². The molecule has 1 N–H and O–H groups in total. The predicted octanol–water partition coefficient (Wildman–Crippen LogP) is 4.51. The number of halogens is 1. The normalized spacial score (nSPS) is 28.1. The average molecular weight is 247 g/mol. The highest BCUT2D eigenvalue weighted by molar-refractivity contribution is 5.46. The van der Waals surface area contributed by atoms with Gasteiger partial charge in [-0.25, -0.2) is 4.39 Å². The van der Waals surface area contributed by atoms with E-state index in [0.717, 1.165) is 23.1 Å². The maximum atomic E-state index is 13.2. The third-order valence-corrected chi connectivity index (χ3v) is 4.53. The molecule has 2 unspecified atom stereocenters. The Labute approximate surface area is 109 Å². The highest BCUT2D eigenvalue weighted by Gasteiger charge is 2.34. The molecule has 98 valence electrons. The van der Waals surface area contributed by atoms with Crippen molar-refractivity contribution in [2.45, 2.75) is 51.5 Å². The van der Waals surface area contributed by atoms with E-state index < -0.39 is 0 Å². The van der Waals surface area contributed by atoms with Crippen molar-refractivity contribution < 1.29 is 4.39 Å². The summed E-state index contributed by atoms with van der Waals surface area (Å²) in [6.07, 6.45) is 8.24. The summed E-state index contributed by atoms with van der Waals surface area (Å²) in [6, 6.07) is 5.95. The Bertz CT molecular complexity index is 425. The highest BCUT2D eigenvalue weighted by atomic mass is 19.1. The molecule has 0 aromatic heterocycles. The van der Waals surface area contributed by atoms with Crippen molar-refractivity contribution in [3.8, 4) is 0 Å². The molecule has 0 bridgehead atoms. The van der Waals surface area contributed by atoms with Crippen molar-refractivity contribution in [3.05, 3.63) is 29.6 Å². The second-order valence-corrected chi connectivity index (χ2v) is 6.07. The second-order valence-electron chi connectivity index (χ2n) is 6.07. The number of hydrogen-bond acceptors (Lipinski definition) is 1. The van der Waals surface area contributed by atoms with Gasteiger partial charge in [0.2, 0.25) is 0 Å². The summed E-state index contributed by atoms with van der Waals surface area (Å²) in [5.74, 6) is 1.85. The number of hydrogen-bond donors (Lipinski definition) is 1. The molecule has 1 aromatic carbocycles. The Morgan fingerprint density at radius 2 is 1.94 bits per heavy atom. The lowest BCUT2D eigenvalue weighted by Gasteiger charge is -2.30. The maximum absolute atomic E-state index is 13.2. The lowest BCUT2D eigenvalue weighted by Crippen LogP contribution is -2.28. The summed E-state index contributed by atoms with van der Waals surface area (Å²) in [7, 11) is 0. The Balaban J connectivity index is 1.62. The van der Waals surface area contributed by atoms with Gasteiger partial charge in [-0.2, -0.15) is 0 Å². The van der Waals surface area contributed by atoms with Crippen LogP contribution in [-0.4, -0.2) is 6.04 Å². The third kappa shape index (κ3) is 2.68. The number of benzene rings is 1. The van der Waals surface area contributed by atoms with Crippen LogP contribution in [-0.2, 0) is 0 Å². The Morgan fingerprint density at radius 3 is 2.67 bits per heavy atom. The fraction of sp³-hybridized carbons (Fsp3) is 0.625. The fourth-order valence-corrected chi connectivity index (χ4v) is 3.32. The third-order valence-electron chi connectivity index (χ3n) is 4.53. The van der Waals surface area contributed by atoms with Crippen LogP contribution >= 0.6 is 0 Å². The second kappa shape index (κ2) is 4.91. The Morgan fingerprint density at radius 1 is 1.11 bits per heavy atom. The predicted molar refractivity (Wildman–Crippen MR) is 73.2 cm³/mol. The molecular formula is C16H22FN. The largest absolute Gasteiger partial charge is 0.382 e. The maximum Gasteiger partial charge on any atom is 0.126 e. The summed E-state index contributed by atoms with van der Waals surface area (Å²) in [5.41, 5.74) is 1.81. The number of aryl methyl sites for hydroxylation is 1. The number of anilines is 1. The van der Waals surface area contributed by atoms with Gasteiger partial charge in [0.25, 0.3) is 0 Å². The molecule has 0 radical (unpaired) electrons. The van der Waals surface area contributed by atoms with Crippen molar-refractivity contribution in [2.24, 2.45) is 11.8 Å². The van der Waals surface area contributed by atoms with Crippen LogP contribution in [0.25, 0.3) is 0 Å². The van der Waals surface area contributed by atoms with E-state index in [0.29, 0.717) is 6.04 Å². The van der Waals surface area contributed by atoms with Crippen LogP contribution in [0.2, 0.25) is 0 Å². The summed E-state index contributed by atoms with van der Waals surface area (Å²) in [5, 5.41) is 3.59. The van der Waals surface area contributed by atoms with Gasteiger partial charge < -0.3 is 5.32 Å². The van der Waals surface area contributed by atoms with Crippen molar-refractivity contribution in [2.75, 3.05) is 5.32 Å². The van der Waals surface area contributed by atoms with E-state index in [1.54, 1.807) is 6.07 Å². The molecule has 2 atom stereocenters. The van der Waals surface area contributed by atoms with E-state index in [1.165, 1.54) is 38.5 Å². The molecule has 2 aliphatic rings. The summed E-state index contributed by atoms with van der Waals surface area (Å²) >= 11 is 0. The van der Waals surface area contributed by atoms with Gasteiger partial charge in [0.1, 0.15) is 5.82 Å². The van der Waals surface area contributed by atoms with Gasteiger partial charge >= 0.3 is 0 Å². The van der Waals surface area contributed by atoms with E-state index in [4.69, 9.17) is 0 Å². The van der Waals surface area contributed by atoms with Crippen molar-refractivity contribution in [3.63, 3.8) is 0 Å². The zero-order chi connectivity index (χ0) is 12.5. The van der Waals surface area contributed by atoms with Gasteiger partial charge in [-0.3, -0.25) is 0 Å². The van der Waals surface area contributed by atoms with Gasteiger partial charge in [0.15, 0.2) is 0 Å². The Hall–Kier alpha value is -1.05. The van der Waals surface area contributed by atoms with Crippen LogP contribution in [0.15, 0.2) is 18.2 Å². The smallest absolute Gasteiger partial charge is 0.126 e. The molecule has 3 rings (SSSR count). The standard InChI is InChI=1S/C16H22FN/c1-11-9-15(7-8-16(11)17)18-14-4-2-3-13(10-14)12-5-6-12/h7-9,12-14,18H,2-6,10H2,1H3. The lowest BCUT2D eigenvalue weighted by atomic mass is 9.82. The molecule has 0 heterocycles. The number of rotatable bonds is 3. The Kier molecular flexibility index (Phi) is 3.27. The van der Waals surface area contributed by atoms with Gasteiger partial charge in [-0.1, -0.05) is 12.8 Å². The molecular weight excluding hydrogens is 225 g/mol. The summed E-state index contributed by atoms with van der Waals surface area (Å²) in [6.45, 7) is 1.83. The molecule has 2 heteroatoms. The van der Waals surface area contributed by atoms with Crippen LogP contribution in [0.1, 0.15) is 44.1 Å². The van der Waals surface area contributed by atoms with Crippen molar-refractivity contribution >= 4 is 5.69 Å². The van der Waals surface area contributed by atoms with E-state index in [2.05, 4.69) is 5.32 Å². The fourth-order valence-electron chi connectivity index (χ4n) is 3.32. The SMILES string of the molecule is Cc1cc(NC2CCCC(C3CC3)C2)ccc1F. The monoisotopic (exact) mass is 247 g/mol. The first-order valence-electron chi connectivity index (χ1n) is 7.25. The molecule has 2 saturated carbocycles. The molecule has 2 fully saturated rings. The van der Waals surface area contributed by atoms with Crippen LogP contribution in [0.3, 0.4) is 0 Å². The minimum Gasteiger partial charge on any atom is -0.382 e. The first-order valence-corrected chi connectivity index (χ1v) is 7.25. The zero-order valence-corrected chi connectivity index (χ0v) is 11.1. The highest BCUT2D eigenvalue weighted by Crippen LogP contribution is 2.44. The van der Waals surface area contributed by atoms with Crippen LogP contribution in [0.4, 0.5) is 10.1 Å². The molecule has 0 saturated heterocycles. The van der Waals surface area contributed by atoms with Crippen molar-refractivity contribution in [1.29, 1.82) is 0 Å². The quantitative estimate of drug-likeness (QED) is 0.828.